The SMILES string of the molecule is N#Cc1ccncc1[C]=O. The topological polar surface area (TPSA) is 53.8 Å². The maximum Gasteiger partial charge on any atom is 0.236 e. The van der Waals surface area contributed by atoms with E-state index in [2.05, 4.69) is 4.98 Å². The highest BCUT2D eigenvalue weighted by atomic mass is 16.1. The Morgan fingerprint density at radius 1 is 1.50 bits per heavy atom. The molecule has 1 aromatic heterocycles. The maximum atomic E-state index is 10.1. The monoisotopic (exact) mass is 131 g/mol. The highest BCUT2D eigenvalue weighted by Crippen LogP contribution is 2.00. The van der Waals surface area contributed by atoms with Gasteiger partial charge in [-0.2, -0.15) is 5.26 Å². The smallest absolute Gasteiger partial charge is 0.236 e. The second-order valence-electron chi connectivity index (χ2n) is 1.64. The molecule has 10 heavy (non-hydrogen) atoms. The largest absolute Gasteiger partial charge is 0.285 e. The first kappa shape index (κ1) is 6.43. The molecule has 0 aliphatic heterocycles. The van der Waals surface area contributed by atoms with Crippen molar-refractivity contribution in [3.05, 3.63) is 29.6 Å². The molecule has 0 saturated carbocycles. The van der Waals surface area contributed by atoms with Crippen molar-refractivity contribution in [1.29, 1.82) is 5.26 Å². The Hall–Kier alpha value is -1.69. The van der Waals surface area contributed by atoms with Gasteiger partial charge in [0, 0.05) is 12.4 Å². The summed E-state index contributed by atoms with van der Waals surface area (Å²) in [6, 6.07) is 3.32. The molecule has 1 rings (SSSR count). The predicted octanol–water partition coefficient (Wildman–Crippen LogP) is 0.411. The van der Waals surface area contributed by atoms with Crippen LogP contribution in [0, 0.1) is 11.3 Å². The Balaban J connectivity index is 3.24. The Labute approximate surface area is 57.9 Å². The van der Waals surface area contributed by atoms with Crippen molar-refractivity contribution in [2.45, 2.75) is 0 Å². The summed E-state index contributed by atoms with van der Waals surface area (Å²) in [7, 11) is 0. The van der Waals surface area contributed by atoms with Crippen LogP contribution in [0.25, 0.3) is 0 Å². The molecule has 3 heteroatoms. The number of hydrogen-bond acceptors (Lipinski definition) is 3. The highest BCUT2D eigenvalue weighted by molar-refractivity contribution is 5.78. The van der Waals surface area contributed by atoms with Gasteiger partial charge in [0.15, 0.2) is 0 Å². The lowest BCUT2D eigenvalue weighted by molar-refractivity contribution is 0.562. The van der Waals surface area contributed by atoms with Crippen molar-refractivity contribution in [2.24, 2.45) is 0 Å². The average molecular weight is 131 g/mol. The maximum absolute atomic E-state index is 10.1. The predicted molar refractivity (Wildman–Crippen MR) is 33.7 cm³/mol. The number of hydrogen-bond donors (Lipinski definition) is 0. The molecule has 1 aromatic rings. The van der Waals surface area contributed by atoms with Gasteiger partial charge in [0.25, 0.3) is 0 Å². The summed E-state index contributed by atoms with van der Waals surface area (Å²) in [6.45, 7) is 0. The zero-order chi connectivity index (χ0) is 7.40. The third kappa shape index (κ3) is 1.00. The molecule has 1 radical (unpaired) electrons. The first-order valence-electron chi connectivity index (χ1n) is 2.60. The third-order valence-corrected chi connectivity index (χ3v) is 1.05. The molecule has 0 aliphatic rings. The lowest BCUT2D eigenvalue weighted by Crippen LogP contribution is -1.87. The van der Waals surface area contributed by atoms with Crippen LogP contribution in [0.3, 0.4) is 0 Å². The van der Waals surface area contributed by atoms with Crippen LogP contribution in [-0.2, 0) is 4.79 Å². The van der Waals surface area contributed by atoms with Gasteiger partial charge in [0.1, 0.15) is 6.07 Å². The number of nitrogens with zero attached hydrogens (tertiary/aromatic N) is 2. The number of pyridine rings is 1. The Morgan fingerprint density at radius 2 is 2.30 bits per heavy atom. The normalized spacial score (nSPS) is 8.30. The Morgan fingerprint density at radius 3 is 2.80 bits per heavy atom. The molecule has 0 aromatic carbocycles. The van der Waals surface area contributed by atoms with Gasteiger partial charge in [-0.3, -0.25) is 9.78 Å². The third-order valence-electron chi connectivity index (χ3n) is 1.05. The summed E-state index contributed by atoms with van der Waals surface area (Å²) in [5.74, 6) is 0. The van der Waals surface area contributed by atoms with Gasteiger partial charge in [-0.1, -0.05) is 0 Å². The fraction of sp³-hybridized carbons (Fsp3) is 0. The van der Waals surface area contributed by atoms with E-state index in [1.807, 2.05) is 6.07 Å². The van der Waals surface area contributed by atoms with Gasteiger partial charge in [-0.15, -0.1) is 0 Å². The molecule has 1 heterocycles. The molecule has 0 spiro atoms. The van der Waals surface area contributed by atoms with Gasteiger partial charge in [0.05, 0.1) is 11.1 Å². The van der Waals surface area contributed by atoms with Crippen molar-refractivity contribution in [2.75, 3.05) is 0 Å². The van der Waals surface area contributed by atoms with E-state index >= 15 is 0 Å². The summed E-state index contributed by atoms with van der Waals surface area (Å²) in [6.07, 6.45) is 4.38. The van der Waals surface area contributed by atoms with Crippen LogP contribution in [0.4, 0.5) is 0 Å². The van der Waals surface area contributed by atoms with E-state index in [1.165, 1.54) is 18.5 Å². The minimum Gasteiger partial charge on any atom is -0.285 e. The minimum absolute atomic E-state index is 0.213. The van der Waals surface area contributed by atoms with E-state index in [-0.39, 0.29) is 5.56 Å². The lowest BCUT2D eigenvalue weighted by Gasteiger charge is -1.88. The van der Waals surface area contributed by atoms with Crippen LogP contribution in [0.2, 0.25) is 0 Å². The Bertz CT molecular complexity index is 288. The van der Waals surface area contributed by atoms with Crippen LogP contribution >= 0.6 is 0 Å². The van der Waals surface area contributed by atoms with E-state index in [9.17, 15) is 4.79 Å². The van der Waals surface area contributed by atoms with Gasteiger partial charge in [-0.05, 0) is 6.07 Å². The molecule has 0 aliphatic carbocycles. The van der Waals surface area contributed by atoms with Gasteiger partial charge >= 0.3 is 0 Å². The van der Waals surface area contributed by atoms with Crippen LogP contribution in [0.1, 0.15) is 11.1 Å². The molecule has 47 valence electrons. The molecule has 3 nitrogen and oxygen atoms in total. The molecular formula is C7H3N2O. The standard InChI is InChI=1S/C7H3N2O/c8-3-6-1-2-9-4-7(6)5-10/h1-2,4H. The van der Waals surface area contributed by atoms with Gasteiger partial charge < -0.3 is 0 Å². The molecule has 0 bridgehead atoms. The van der Waals surface area contributed by atoms with E-state index in [0.717, 1.165) is 0 Å². The number of rotatable bonds is 1. The summed E-state index contributed by atoms with van der Waals surface area (Å²) < 4.78 is 0. The fourth-order valence-corrected chi connectivity index (χ4v) is 0.573. The summed E-state index contributed by atoms with van der Waals surface area (Å²) >= 11 is 0. The van der Waals surface area contributed by atoms with Crippen molar-refractivity contribution in [3.8, 4) is 6.07 Å². The average Bonchev–Trinajstić information content (AvgIpc) is 2.04. The second kappa shape index (κ2) is 2.74. The fourth-order valence-electron chi connectivity index (χ4n) is 0.573. The molecule has 0 saturated heterocycles. The summed E-state index contributed by atoms with van der Waals surface area (Å²) in [5, 5.41) is 8.39. The van der Waals surface area contributed by atoms with E-state index in [4.69, 9.17) is 5.26 Å². The summed E-state index contributed by atoms with van der Waals surface area (Å²) in [4.78, 5) is 13.7. The molecule has 0 N–H and O–H groups in total. The number of carbonyl (C=O) groups excluding carboxylic acids is 1. The number of nitriles is 1. The van der Waals surface area contributed by atoms with Crippen molar-refractivity contribution in [3.63, 3.8) is 0 Å². The molecule has 0 amide bonds. The molecule has 0 atom stereocenters. The Kier molecular flexibility index (Phi) is 1.76. The van der Waals surface area contributed by atoms with Crippen molar-refractivity contribution < 1.29 is 4.79 Å². The van der Waals surface area contributed by atoms with Crippen molar-refractivity contribution in [1.82, 2.24) is 4.98 Å². The zero-order valence-corrected chi connectivity index (χ0v) is 5.03. The first-order valence-corrected chi connectivity index (χ1v) is 2.60. The molecular weight excluding hydrogens is 128 g/mol. The van der Waals surface area contributed by atoms with E-state index < -0.39 is 0 Å². The zero-order valence-electron chi connectivity index (χ0n) is 5.03. The van der Waals surface area contributed by atoms with Crippen LogP contribution in [0.15, 0.2) is 18.5 Å². The van der Waals surface area contributed by atoms with Gasteiger partial charge in [0.2, 0.25) is 6.29 Å². The number of aromatic nitrogens is 1. The second-order valence-corrected chi connectivity index (χ2v) is 1.64. The van der Waals surface area contributed by atoms with Crippen LogP contribution in [0.5, 0.6) is 0 Å². The minimum atomic E-state index is 0.213. The first-order chi connectivity index (χ1) is 4.88. The summed E-state index contributed by atoms with van der Waals surface area (Å²) in [5.41, 5.74) is 0.523. The van der Waals surface area contributed by atoms with Crippen molar-refractivity contribution >= 4 is 6.29 Å². The molecule has 0 unspecified atom stereocenters. The van der Waals surface area contributed by atoms with Crippen LogP contribution < -0.4 is 0 Å². The molecule has 0 fully saturated rings. The van der Waals surface area contributed by atoms with E-state index in [1.54, 1.807) is 6.29 Å². The lowest BCUT2D eigenvalue weighted by atomic mass is 10.2. The highest BCUT2D eigenvalue weighted by Gasteiger charge is 1.97. The van der Waals surface area contributed by atoms with Crippen LogP contribution in [-0.4, -0.2) is 11.3 Å². The van der Waals surface area contributed by atoms with Gasteiger partial charge in [-0.25, -0.2) is 0 Å². The van der Waals surface area contributed by atoms with E-state index in [0.29, 0.717) is 5.56 Å². The quantitative estimate of drug-likeness (QED) is 0.554.